The molecule has 1 saturated heterocycles. The number of methoxy groups -OCH3 is 1. The van der Waals surface area contributed by atoms with E-state index in [1.807, 2.05) is 41.0 Å². The number of aromatic nitrogens is 1. The Bertz CT molecular complexity index is 1010. The number of carbonyl (C=O) groups is 2. The van der Waals surface area contributed by atoms with Gasteiger partial charge in [0.1, 0.15) is 19.0 Å². The Morgan fingerprint density at radius 3 is 2.53 bits per heavy atom. The van der Waals surface area contributed by atoms with Gasteiger partial charge in [-0.15, -0.1) is 0 Å². The zero-order chi connectivity index (χ0) is 21.3. The number of ether oxygens (including phenoxy) is 2. The number of hydrogen-bond donors (Lipinski definition) is 1. The molecular formula is C22H24N2O6. The largest absolute Gasteiger partial charge is 0.497 e. The number of aliphatic carboxylic acids is 1. The van der Waals surface area contributed by atoms with Crippen molar-refractivity contribution in [3.05, 3.63) is 52.4 Å². The number of carboxylic acid groups (broad SMARTS) is 1. The average Bonchev–Trinajstić information content (AvgIpc) is 2.74. The van der Waals surface area contributed by atoms with E-state index in [9.17, 15) is 14.4 Å². The standard InChI is InChI=1S/C22H24N2O6/c1-29-17-4-2-15(3-5-17)18-6-7-19-16-8-14(10-24(19)22(18)28)9-23(11-16)20(25)12-30-13-21(26)27/h2-7,14,16H,8-13H2,1H3,(H,26,27)/t14-,16-/m1/s1. The van der Waals surface area contributed by atoms with Gasteiger partial charge in [0.05, 0.1) is 7.11 Å². The molecule has 0 saturated carbocycles. The van der Waals surface area contributed by atoms with Crippen LogP contribution in [0, 0.1) is 5.92 Å². The summed E-state index contributed by atoms with van der Waals surface area (Å²) in [4.78, 5) is 37.9. The van der Waals surface area contributed by atoms with Crippen LogP contribution in [0.1, 0.15) is 18.0 Å². The van der Waals surface area contributed by atoms with Crippen LogP contribution in [0.4, 0.5) is 0 Å². The van der Waals surface area contributed by atoms with Crippen LogP contribution in [0.15, 0.2) is 41.2 Å². The van der Waals surface area contributed by atoms with Crippen molar-refractivity contribution in [1.82, 2.24) is 9.47 Å². The third-order valence-corrected chi connectivity index (χ3v) is 5.81. The van der Waals surface area contributed by atoms with E-state index in [4.69, 9.17) is 14.6 Å². The molecule has 8 heteroatoms. The van der Waals surface area contributed by atoms with Crippen LogP contribution >= 0.6 is 0 Å². The predicted octanol–water partition coefficient (Wildman–Crippen LogP) is 1.57. The Morgan fingerprint density at radius 1 is 1.07 bits per heavy atom. The molecule has 1 amide bonds. The fourth-order valence-corrected chi connectivity index (χ4v) is 4.46. The Morgan fingerprint density at radius 2 is 1.83 bits per heavy atom. The van der Waals surface area contributed by atoms with E-state index >= 15 is 0 Å². The first kappa shape index (κ1) is 20.2. The Balaban J connectivity index is 1.54. The van der Waals surface area contributed by atoms with Gasteiger partial charge in [0.25, 0.3) is 5.56 Å². The van der Waals surface area contributed by atoms with Gasteiger partial charge in [0.2, 0.25) is 5.91 Å². The predicted molar refractivity (Wildman–Crippen MR) is 109 cm³/mol. The minimum absolute atomic E-state index is 0.0167. The van der Waals surface area contributed by atoms with Crippen LogP contribution in [0.5, 0.6) is 5.75 Å². The van der Waals surface area contributed by atoms with Crippen LogP contribution in [0.25, 0.3) is 11.1 Å². The fourth-order valence-electron chi connectivity index (χ4n) is 4.46. The topological polar surface area (TPSA) is 98.1 Å². The van der Waals surface area contributed by atoms with E-state index in [1.165, 1.54) is 0 Å². The number of carboxylic acids is 1. The summed E-state index contributed by atoms with van der Waals surface area (Å²) in [5, 5.41) is 8.65. The van der Waals surface area contributed by atoms with Crippen LogP contribution in [0.3, 0.4) is 0 Å². The molecule has 0 unspecified atom stereocenters. The normalized spacial score (nSPS) is 19.8. The number of rotatable bonds is 6. The quantitative estimate of drug-likeness (QED) is 0.774. The molecule has 8 nitrogen and oxygen atoms in total. The lowest BCUT2D eigenvalue weighted by Gasteiger charge is -2.42. The summed E-state index contributed by atoms with van der Waals surface area (Å²) >= 11 is 0. The summed E-state index contributed by atoms with van der Waals surface area (Å²) in [6.45, 7) is 0.889. The van der Waals surface area contributed by atoms with Crippen molar-refractivity contribution >= 4 is 11.9 Å². The smallest absolute Gasteiger partial charge is 0.329 e. The van der Waals surface area contributed by atoms with Gasteiger partial charge >= 0.3 is 5.97 Å². The second-order valence-electron chi connectivity index (χ2n) is 7.80. The van der Waals surface area contributed by atoms with Crippen molar-refractivity contribution in [3.8, 4) is 16.9 Å². The van der Waals surface area contributed by atoms with Gasteiger partial charge in [-0.25, -0.2) is 4.79 Å². The van der Waals surface area contributed by atoms with Crippen molar-refractivity contribution in [2.75, 3.05) is 33.4 Å². The van der Waals surface area contributed by atoms with Crippen molar-refractivity contribution in [3.63, 3.8) is 0 Å². The lowest BCUT2D eigenvalue weighted by atomic mass is 9.82. The summed E-state index contributed by atoms with van der Waals surface area (Å²) in [5.74, 6) is -0.304. The van der Waals surface area contributed by atoms with E-state index in [0.29, 0.717) is 25.2 Å². The zero-order valence-corrected chi connectivity index (χ0v) is 16.7. The molecule has 30 heavy (non-hydrogen) atoms. The highest BCUT2D eigenvalue weighted by atomic mass is 16.5. The van der Waals surface area contributed by atoms with E-state index in [0.717, 1.165) is 23.4 Å². The van der Waals surface area contributed by atoms with Gasteiger partial charge < -0.3 is 24.0 Å². The van der Waals surface area contributed by atoms with E-state index in [1.54, 1.807) is 12.0 Å². The first-order valence-corrected chi connectivity index (χ1v) is 9.91. The van der Waals surface area contributed by atoms with Gasteiger partial charge in [0, 0.05) is 36.8 Å². The molecule has 1 fully saturated rings. The highest BCUT2D eigenvalue weighted by Gasteiger charge is 2.36. The second-order valence-corrected chi connectivity index (χ2v) is 7.80. The SMILES string of the molecule is COc1ccc(-c2ccc3n(c2=O)C[C@@H]2C[C@@H]3CN(C(=O)COCC(=O)O)C2)cc1. The van der Waals surface area contributed by atoms with Crippen molar-refractivity contribution < 1.29 is 24.2 Å². The van der Waals surface area contributed by atoms with Crippen molar-refractivity contribution in [1.29, 1.82) is 0 Å². The molecule has 0 radical (unpaired) electrons. The number of nitrogens with zero attached hydrogens (tertiary/aromatic N) is 2. The lowest BCUT2D eigenvalue weighted by molar-refractivity contribution is -0.146. The maximum atomic E-state index is 13.2. The monoisotopic (exact) mass is 412 g/mol. The molecule has 2 aromatic rings. The van der Waals surface area contributed by atoms with Crippen LogP contribution in [0.2, 0.25) is 0 Å². The molecular weight excluding hydrogens is 388 g/mol. The molecule has 0 aliphatic carbocycles. The third-order valence-electron chi connectivity index (χ3n) is 5.81. The van der Waals surface area contributed by atoms with Crippen molar-refractivity contribution in [2.24, 2.45) is 5.92 Å². The Labute approximate surface area is 173 Å². The molecule has 0 spiro atoms. The highest BCUT2D eigenvalue weighted by Crippen LogP contribution is 2.36. The molecule has 1 N–H and O–H groups in total. The van der Waals surface area contributed by atoms with Crippen LogP contribution < -0.4 is 10.3 Å². The number of fused-ring (bicyclic) bond motifs is 4. The van der Waals surface area contributed by atoms with E-state index in [-0.39, 0.29) is 29.9 Å². The zero-order valence-electron chi connectivity index (χ0n) is 16.7. The Hall–Kier alpha value is -3.13. The molecule has 2 aliphatic heterocycles. The second kappa shape index (κ2) is 8.31. The van der Waals surface area contributed by atoms with Crippen LogP contribution in [-0.2, 0) is 20.9 Å². The Kier molecular flexibility index (Phi) is 5.59. The molecule has 4 rings (SSSR count). The molecule has 2 bridgehead atoms. The molecule has 158 valence electrons. The minimum Gasteiger partial charge on any atom is -0.497 e. The molecule has 1 aromatic carbocycles. The van der Waals surface area contributed by atoms with Gasteiger partial charge in [-0.2, -0.15) is 0 Å². The number of pyridine rings is 1. The number of amides is 1. The lowest BCUT2D eigenvalue weighted by Crippen LogP contribution is -2.50. The average molecular weight is 412 g/mol. The summed E-state index contributed by atoms with van der Waals surface area (Å²) in [6, 6.07) is 11.3. The molecule has 2 atom stereocenters. The van der Waals surface area contributed by atoms with E-state index < -0.39 is 12.6 Å². The van der Waals surface area contributed by atoms with Gasteiger partial charge in [-0.3, -0.25) is 9.59 Å². The number of carbonyl (C=O) groups excluding carboxylic acids is 1. The minimum atomic E-state index is -1.10. The summed E-state index contributed by atoms with van der Waals surface area (Å²) in [5.41, 5.74) is 2.42. The summed E-state index contributed by atoms with van der Waals surface area (Å²) in [6.07, 6.45) is 0.932. The van der Waals surface area contributed by atoms with Gasteiger partial charge in [-0.05, 0) is 42.2 Å². The van der Waals surface area contributed by atoms with E-state index in [2.05, 4.69) is 0 Å². The number of piperidine rings is 1. The third kappa shape index (κ3) is 3.95. The van der Waals surface area contributed by atoms with Gasteiger partial charge in [-0.1, -0.05) is 12.1 Å². The summed E-state index contributed by atoms with van der Waals surface area (Å²) in [7, 11) is 1.61. The van der Waals surface area contributed by atoms with Gasteiger partial charge in [0.15, 0.2) is 0 Å². The number of likely N-dealkylation sites (tertiary alicyclic amines) is 1. The molecule has 3 heterocycles. The highest BCUT2D eigenvalue weighted by molar-refractivity contribution is 5.78. The fraction of sp³-hybridized carbons (Fsp3) is 0.409. The van der Waals surface area contributed by atoms with Crippen molar-refractivity contribution in [2.45, 2.75) is 18.9 Å². The molecule has 1 aromatic heterocycles. The number of benzene rings is 1. The number of hydrogen-bond acceptors (Lipinski definition) is 5. The molecule has 2 aliphatic rings. The maximum Gasteiger partial charge on any atom is 0.329 e. The maximum absolute atomic E-state index is 13.2. The van der Waals surface area contributed by atoms with Crippen LogP contribution in [-0.4, -0.2) is 59.9 Å². The first-order chi connectivity index (χ1) is 14.5. The first-order valence-electron chi connectivity index (χ1n) is 9.91. The summed E-state index contributed by atoms with van der Waals surface area (Å²) < 4.78 is 12.0.